The Hall–Kier alpha value is -2.90. The first kappa shape index (κ1) is 21.8. The molecule has 0 spiro atoms. The minimum Gasteiger partial charge on any atom is -0.444 e. The van der Waals surface area contributed by atoms with Crippen LogP contribution in [0.5, 0.6) is 0 Å². The molecule has 1 aromatic heterocycles. The van der Waals surface area contributed by atoms with Crippen LogP contribution in [0.1, 0.15) is 63.7 Å². The van der Waals surface area contributed by atoms with E-state index in [1.807, 2.05) is 30.3 Å². The van der Waals surface area contributed by atoms with Crippen LogP contribution in [0.15, 0.2) is 34.9 Å². The van der Waals surface area contributed by atoms with Crippen molar-refractivity contribution in [3.05, 3.63) is 47.6 Å². The topological polar surface area (TPSA) is 97.6 Å². The molecule has 2 heterocycles. The van der Waals surface area contributed by atoms with Gasteiger partial charge in [-0.3, -0.25) is 4.79 Å². The summed E-state index contributed by atoms with van der Waals surface area (Å²) in [7, 11) is 0. The second kappa shape index (κ2) is 8.45. The standard InChI is InChI=1S/C22H30N4O4/c1-15-23-18(30-25-15)16-11-13-26(14-12-16)19(27)22(5,17-9-7-6-8-10-17)24-20(28)29-21(2,3)4/h6-10,16H,11-14H2,1-5H3,(H,24,28)/t22-/m1/s1. The van der Waals surface area contributed by atoms with Crippen LogP contribution in [0.25, 0.3) is 0 Å². The van der Waals surface area contributed by atoms with Gasteiger partial charge in [-0.25, -0.2) is 4.79 Å². The number of amides is 2. The molecule has 30 heavy (non-hydrogen) atoms. The molecule has 0 unspecified atom stereocenters. The summed E-state index contributed by atoms with van der Waals surface area (Å²) in [4.78, 5) is 32.2. The average molecular weight is 415 g/mol. The molecule has 1 saturated heterocycles. The molecule has 1 fully saturated rings. The molecule has 8 nitrogen and oxygen atoms in total. The van der Waals surface area contributed by atoms with E-state index in [4.69, 9.17) is 9.26 Å². The molecule has 2 aromatic rings. The molecular formula is C22H30N4O4. The van der Waals surface area contributed by atoms with Crippen molar-refractivity contribution in [2.45, 2.75) is 64.5 Å². The van der Waals surface area contributed by atoms with Crippen molar-refractivity contribution in [3.8, 4) is 0 Å². The van der Waals surface area contributed by atoms with Gasteiger partial charge >= 0.3 is 6.09 Å². The van der Waals surface area contributed by atoms with Gasteiger partial charge in [0.1, 0.15) is 11.1 Å². The number of hydrogen-bond donors (Lipinski definition) is 1. The van der Waals surface area contributed by atoms with E-state index in [9.17, 15) is 9.59 Å². The fourth-order valence-electron chi connectivity index (χ4n) is 3.65. The van der Waals surface area contributed by atoms with Crippen molar-refractivity contribution in [1.82, 2.24) is 20.4 Å². The fraction of sp³-hybridized carbons (Fsp3) is 0.545. The van der Waals surface area contributed by atoms with Gasteiger partial charge in [-0.15, -0.1) is 0 Å². The quantitative estimate of drug-likeness (QED) is 0.822. The molecule has 1 N–H and O–H groups in total. The van der Waals surface area contributed by atoms with Crippen molar-refractivity contribution in [2.24, 2.45) is 0 Å². The number of aryl methyl sites for hydroxylation is 1. The number of alkyl carbamates (subject to hydrolysis) is 1. The van der Waals surface area contributed by atoms with Gasteiger partial charge < -0.3 is 19.5 Å². The molecule has 1 aromatic carbocycles. The maximum atomic E-state index is 13.6. The first-order chi connectivity index (χ1) is 14.1. The summed E-state index contributed by atoms with van der Waals surface area (Å²) in [6.45, 7) is 9.98. The first-order valence-electron chi connectivity index (χ1n) is 10.2. The number of piperidine rings is 1. The van der Waals surface area contributed by atoms with Crippen LogP contribution in [0.3, 0.4) is 0 Å². The lowest BCUT2D eigenvalue weighted by Gasteiger charge is -2.38. The van der Waals surface area contributed by atoms with E-state index < -0.39 is 17.2 Å². The monoisotopic (exact) mass is 414 g/mol. The summed E-state index contributed by atoms with van der Waals surface area (Å²) in [5.41, 5.74) is -1.20. The highest BCUT2D eigenvalue weighted by Gasteiger charge is 2.42. The van der Waals surface area contributed by atoms with Crippen molar-refractivity contribution < 1.29 is 18.8 Å². The Balaban J connectivity index is 1.76. The number of carbonyl (C=O) groups excluding carboxylic acids is 2. The van der Waals surface area contributed by atoms with E-state index in [1.165, 1.54) is 0 Å². The third-order valence-corrected chi connectivity index (χ3v) is 5.20. The Kier molecular flexibility index (Phi) is 6.14. The zero-order chi connectivity index (χ0) is 21.9. The van der Waals surface area contributed by atoms with Crippen LogP contribution in [0.4, 0.5) is 4.79 Å². The van der Waals surface area contributed by atoms with Gasteiger partial charge in [-0.05, 0) is 53.0 Å². The summed E-state index contributed by atoms with van der Waals surface area (Å²) < 4.78 is 10.7. The molecule has 3 rings (SSSR count). The lowest BCUT2D eigenvalue weighted by molar-refractivity contribution is -0.139. The lowest BCUT2D eigenvalue weighted by atomic mass is 9.88. The largest absolute Gasteiger partial charge is 0.444 e. The minimum absolute atomic E-state index is 0.136. The Morgan fingerprint density at radius 1 is 1.13 bits per heavy atom. The molecular weight excluding hydrogens is 384 g/mol. The zero-order valence-electron chi connectivity index (χ0n) is 18.3. The van der Waals surface area contributed by atoms with Crippen molar-refractivity contribution in [1.29, 1.82) is 0 Å². The predicted molar refractivity (Wildman–Crippen MR) is 111 cm³/mol. The van der Waals surface area contributed by atoms with Gasteiger partial charge in [0.05, 0.1) is 0 Å². The van der Waals surface area contributed by atoms with Crippen molar-refractivity contribution in [3.63, 3.8) is 0 Å². The normalized spacial score (nSPS) is 17.3. The molecule has 0 saturated carbocycles. The third kappa shape index (κ3) is 4.98. The number of nitrogens with zero attached hydrogens (tertiary/aromatic N) is 3. The van der Waals surface area contributed by atoms with Gasteiger partial charge in [0, 0.05) is 19.0 Å². The highest BCUT2D eigenvalue weighted by Crippen LogP contribution is 2.30. The highest BCUT2D eigenvalue weighted by atomic mass is 16.6. The number of likely N-dealkylation sites (tertiary alicyclic amines) is 1. The third-order valence-electron chi connectivity index (χ3n) is 5.20. The van der Waals surface area contributed by atoms with Crippen LogP contribution in [-0.2, 0) is 15.1 Å². The maximum absolute atomic E-state index is 13.6. The number of aromatic nitrogens is 2. The van der Waals surface area contributed by atoms with Crippen LogP contribution in [-0.4, -0.2) is 45.7 Å². The number of nitrogens with one attached hydrogen (secondary N) is 1. The number of carbonyl (C=O) groups is 2. The highest BCUT2D eigenvalue weighted by molar-refractivity contribution is 5.91. The van der Waals surface area contributed by atoms with Gasteiger partial charge in [0.2, 0.25) is 5.89 Å². The molecule has 162 valence electrons. The molecule has 2 amide bonds. The average Bonchev–Trinajstić information content (AvgIpc) is 3.13. The Morgan fingerprint density at radius 3 is 2.30 bits per heavy atom. The maximum Gasteiger partial charge on any atom is 0.408 e. The number of ether oxygens (including phenoxy) is 1. The van der Waals surface area contributed by atoms with Crippen LogP contribution >= 0.6 is 0 Å². The predicted octanol–water partition coefficient (Wildman–Crippen LogP) is 3.52. The summed E-state index contributed by atoms with van der Waals surface area (Å²) in [5, 5.41) is 6.67. The van der Waals surface area contributed by atoms with Gasteiger partial charge in [-0.1, -0.05) is 35.5 Å². The molecule has 0 aliphatic carbocycles. The van der Waals surface area contributed by atoms with Gasteiger partial charge in [0.25, 0.3) is 5.91 Å². The SMILES string of the molecule is Cc1noc(C2CCN(C(=O)[C@](C)(NC(=O)OC(C)(C)C)c3ccccc3)CC2)n1. The van der Waals surface area contributed by atoms with E-state index >= 15 is 0 Å². The Bertz CT molecular complexity index is 882. The fourth-order valence-corrected chi connectivity index (χ4v) is 3.65. The van der Waals surface area contributed by atoms with Crippen molar-refractivity contribution in [2.75, 3.05) is 13.1 Å². The molecule has 1 atom stereocenters. The summed E-state index contributed by atoms with van der Waals surface area (Å²) in [6.07, 6.45) is 0.827. The number of hydrogen-bond acceptors (Lipinski definition) is 6. The Morgan fingerprint density at radius 2 is 1.77 bits per heavy atom. The number of benzene rings is 1. The van der Waals surface area contributed by atoms with Crippen LogP contribution in [0, 0.1) is 6.92 Å². The molecule has 1 aliphatic heterocycles. The molecule has 0 bridgehead atoms. The van der Waals surface area contributed by atoms with Gasteiger partial charge in [0.15, 0.2) is 5.82 Å². The minimum atomic E-state index is -1.24. The summed E-state index contributed by atoms with van der Waals surface area (Å²) >= 11 is 0. The van der Waals surface area contributed by atoms with Crippen LogP contribution < -0.4 is 5.32 Å². The van der Waals surface area contributed by atoms with E-state index in [2.05, 4.69) is 15.5 Å². The summed E-state index contributed by atoms with van der Waals surface area (Å²) in [5.74, 6) is 1.20. The second-order valence-corrected chi connectivity index (χ2v) is 8.86. The molecule has 0 radical (unpaired) electrons. The second-order valence-electron chi connectivity index (χ2n) is 8.86. The van der Waals surface area contributed by atoms with E-state index in [0.717, 1.165) is 12.8 Å². The Labute approximate surface area is 177 Å². The van der Waals surface area contributed by atoms with E-state index in [0.29, 0.717) is 30.4 Å². The number of rotatable bonds is 4. The summed E-state index contributed by atoms with van der Waals surface area (Å²) in [6, 6.07) is 9.25. The van der Waals surface area contributed by atoms with E-state index in [1.54, 1.807) is 39.5 Å². The van der Waals surface area contributed by atoms with Crippen molar-refractivity contribution >= 4 is 12.0 Å². The molecule has 8 heteroatoms. The molecule has 1 aliphatic rings. The first-order valence-corrected chi connectivity index (χ1v) is 10.2. The smallest absolute Gasteiger partial charge is 0.408 e. The van der Waals surface area contributed by atoms with Crippen LogP contribution in [0.2, 0.25) is 0 Å². The zero-order valence-corrected chi connectivity index (χ0v) is 18.3. The van der Waals surface area contributed by atoms with Gasteiger partial charge in [-0.2, -0.15) is 4.98 Å². The lowest BCUT2D eigenvalue weighted by Crippen LogP contribution is -2.57. The van der Waals surface area contributed by atoms with E-state index in [-0.39, 0.29) is 11.8 Å².